The summed E-state index contributed by atoms with van der Waals surface area (Å²) in [6.07, 6.45) is 5.90. The van der Waals surface area contributed by atoms with Gasteiger partial charge in [-0.1, -0.05) is 0 Å². The first-order valence-electron chi connectivity index (χ1n) is 5.07. The molecule has 0 amide bonds. The van der Waals surface area contributed by atoms with Gasteiger partial charge in [-0.25, -0.2) is 0 Å². The maximum absolute atomic E-state index is 10.5. The van der Waals surface area contributed by atoms with Crippen LogP contribution >= 0.6 is 11.3 Å². The molecular formula is C11H14O2S. The lowest BCUT2D eigenvalue weighted by Crippen LogP contribution is -2.03. The van der Waals surface area contributed by atoms with Crippen LogP contribution < -0.4 is 0 Å². The van der Waals surface area contributed by atoms with Crippen LogP contribution in [0.25, 0.3) is 0 Å². The Hall–Kier alpha value is -0.830. The van der Waals surface area contributed by atoms with Crippen molar-refractivity contribution in [1.29, 1.82) is 0 Å². The second kappa shape index (κ2) is 4.13. The number of carboxylic acids is 1. The first-order chi connectivity index (χ1) is 6.77. The van der Waals surface area contributed by atoms with E-state index in [2.05, 4.69) is 5.38 Å². The van der Waals surface area contributed by atoms with Gasteiger partial charge in [0, 0.05) is 4.88 Å². The van der Waals surface area contributed by atoms with Gasteiger partial charge < -0.3 is 5.11 Å². The summed E-state index contributed by atoms with van der Waals surface area (Å²) >= 11 is 1.74. The Bertz CT molecular complexity index is 341. The Morgan fingerprint density at radius 1 is 1.43 bits per heavy atom. The summed E-state index contributed by atoms with van der Waals surface area (Å²) in [7, 11) is 0. The van der Waals surface area contributed by atoms with Crippen molar-refractivity contribution in [3.8, 4) is 0 Å². The number of rotatable bonds is 3. The molecule has 1 aromatic heterocycles. The smallest absolute Gasteiger partial charge is 0.303 e. The highest BCUT2D eigenvalue weighted by Gasteiger charge is 2.15. The highest BCUT2D eigenvalue weighted by Crippen LogP contribution is 2.30. The summed E-state index contributed by atoms with van der Waals surface area (Å²) in [5, 5.41) is 10.8. The molecule has 14 heavy (non-hydrogen) atoms. The predicted octanol–water partition coefficient (Wildman–Crippen LogP) is 2.64. The number of aliphatic carboxylic acids is 1. The van der Waals surface area contributed by atoms with Gasteiger partial charge in [0.2, 0.25) is 0 Å². The number of fused-ring (bicyclic) bond motifs is 1. The Balaban J connectivity index is 2.10. The average molecular weight is 210 g/mol. The van der Waals surface area contributed by atoms with Gasteiger partial charge in [0.1, 0.15) is 0 Å². The Kier molecular flexibility index (Phi) is 2.87. The number of hydrogen-bond acceptors (Lipinski definition) is 2. The highest BCUT2D eigenvalue weighted by atomic mass is 32.1. The molecule has 0 bridgehead atoms. The van der Waals surface area contributed by atoms with Crippen molar-refractivity contribution in [2.24, 2.45) is 0 Å². The van der Waals surface area contributed by atoms with Crippen molar-refractivity contribution in [3.63, 3.8) is 0 Å². The van der Waals surface area contributed by atoms with Crippen LogP contribution in [0.15, 0.2) is 5.38 Å². The van der Waals surface area contributed by atoms with Gasteiger partial charge in [-0.05, 0) is 48.6 Å². The van der Waals surface area contributed by atoms with E-state index >= 15 is 0 Å². The largest absolute Gasteiger partial charge is 0.481 e. The molecule has 1 heterocycles. The van der Waals surface area contributed by atoms with Gasteiger partial charge in [0.15, 0.2) is 0 Å². The van der Waals surface area contributed by atoms with Crippen molar-refractivity contribution >= 4 is 17.3 Å². The molecule has 0 aliphatic heterocycles. The minimum Gasteiger partial charge on any atom is -0.481 e. The summed E-state index contributed by atoms with van der Waals surface area (Å²) in [5.41, 5.74) is 2.93. The van der Waals surface area contributed by atoms with E-state index in [1.54, 1.807) is 11.3 Å². The number of aryl methyl sites for hydroxylation is 2. The van der Waals surface area contributed by atoms with E-state index in [1.807, 2.05) is 0 Å². The molecule has 2 nitrogen and oxygen atoms in total. The monoisotopic (exact) mass is 210 g/mol. The summed E-state index contributed by atoms with van der Waals surface area (Å²) in [5.74, 6) is -0.692. The molecule has 0 radical (unpaired) electrons. The second-order valence-electron chi connectivity index (χ2n) is 3.76. The van der Waals surface area contributed by atoms with E-state index in [9.17, 15) is 4.79 Å². The van der Waals surface area contributed by atoms with Gasteiger partial charge in [-0.2, -0.15) is 0 Å². The van der Waals surface area contributed by atoms with Crippen LogP contribution in [0.1, 0.15) is 35.3 Å². The van der Waals surface area contributed by atoms with Crippen molar-refractivity contribution in [2.75, 3.05) is 0 Å². The maximum Gasteiger partial charge on any atom is 0.303 e. The van der Waals surface area contributed by atoms with Crippen molar-refractivity contribution in [1.82, 2.24) is 0 Å². The predicted molar refractivity (Wildman–Crippen MR) is 56.9 cm³/mol. The quantitative estimate of drug-likeness (QED) is 0.832. The standard InChI is InChI=1S/C11H14O2S/c12-11(13)6-5-10-9-4-2-1-3-8(9)7-14-10/h7H,1-6H2,(H,12,13). The van der Waals surface area contributed by atoms with Crippen LogP contribution in [-0.2, 0) is 24.1 Å². The summed E-state index contributed by atoms with van der Waals surface area (Å²) in [6.45, 7) is 0. The molecule has 1 N–H and O–H groups in total. The summed E-state index contributed by atoms with van der Waals surface area (Å²) in [4.78, 5) is 11.8. The van der Waals surface area contributed by atoms with Crippen molar-refractivity contribution < 1.29 is 9.90 Å². The number of carboxylic acid groups (broad SMARTS) is 1. The molecule has 3 heteroatoms. The van der Waals surface area contributed by atoms with Gasteiger partial charge in [0.25, 0.3) is 0 Å². The Labute approximate surface area is 87.6 Å². The lowest BCUT2D eigenvalue weighted by molar-refractivity contribution is -0.136. The van der Waals surface area contributed by atoms with Gasteiger partial charge in [0.05, 0.1) is 6.42 Å². The molecule has 0 saturated heterocycles. The number of carbonyl (C=O) groups is 1. The minimum absolute atomic E-state index is 0.271. The molecule has 0 fully saturated rings. The van der Waals surface area contributed by atoms with Crippen LogP contribution in [0, 0.1) is 0 Å². The fourth-order valence-electron chi connectivity index (χ4n) is 2.02. The van der Waals surface area contributed by atoms with E-state index in [-0.39, 0.29) is 6.42 Å². The van der Waals surface area contributed by atoms with Gasteiger partial charge >= 0.3 is 5.97 Å². The van der Waals surface area contributed by atoms with E-state index in [0.29, 0.717) is 0 Å². The molecule has 0 aromatic carbocycles. The van der Waals surface area contributed by atoms with Gasteiger partial charge in [-0.3, -0.25) is 4.79 Å². The lowest BCUT2D eigenvalue weighted by atomic mass is 9.93. The fraction of sp³-hybridized carbons (Fsp3) is 0.545. The second-order valence-corrected chi connectivity index (χ2v) is 4.73. The van der Waals surface area contributed by atoms with Crippen LogP contribution in [0.2, 0.25) is 0 Å². The molecule has 0 atom stereocenters. The summed E-state index contributed by atoms with van der Waals surface area (Å²) in [6, 6.07) is 0. The van der Waals surface area contributed by atoms with E-state index in [1.165, 1.54) is 35.3 Å². The summed E-state index contributed by atoms with van der Waals surface area (Å²) < 4.78 is 0. The minimum atomic E-state index is -0.692. The lowest BCUT2D eigenvalue weighted by Gasteiger charge is -2.12. The Morgan fingerprint density at radius 2 is 2.21 bits per heavy atom. The van der Waals surface area contributed by atoms with E-state index in [4.69, 9.17) is 5.11 Å². The molecule has 1 aliphatic carbocycles. The van der Waals surface area contributed by atoms with E-state index in [0.717, 1.165) is 12.8 Å². The van der Waals surface area contributed by atoms with Crippen LogP contribution in [0.5, 0.6) is 0 Å². The van der Waals surface area contributed by atoms with Crippen LogP contribution in [0.4, 0.5) is 0 Å². The normalized spacial score (nSPS) is 15.1. The zero-order chi connectivity index (χ0) is 9.97. The molecule has 0 saturated carbocycles. The third-order valence-corrected chi connectivity index (χ3v) is 3.89. The third kappa shape index (κ3) is 1.98. The molecule has 0 spiro atoms. The van der Waals surface area contributed by atoms with Crippen LogP contribution in [0.3, 0.4) is 0 Å². The first kappa shape index (κ1) is 9.71. The highest BCUT2D eigenvalue weighted by molar-refractivity contribution is 7.10. The van der Waals surface area contributed by atoms with Crippen LogP contribution in [-0.4, -0.2) is 11.1 Å². The molecule has 1 aliphatic rings. The topological polar surface area (TPSA) is 37.3 Å². The SMILES string of the molecule is O=C(O)CCc1scc2c1CCCC2. The molecule has 1 aromatic rings. The van der Waals surface area contributed by atoms with E-state index < -0.39 is 5.97 Å². The zero-order valence-electron chi connectivity index (χ0n) is 8.08. The number of thiophene rings is 1. The van der Waals surface area contributed by atoms with Crippen molar-refractivity contribution in [3.05, 3.63) is 21.4 Å². The zero-order valence-corrected chi connectivity index (χ0v) is 8.90. The molecule has 0 unspecified atom stereocenters. The first-order valence-corrected chi connectivity index (χ1v) is 5.95. The molecule has 2 rings (SSSR count). The van der Waals surface area contributed by atoms with Crippen molar-refractivity contribution in [2.45, 2.75) is 38.5 Å². The number of hydrogen-bond donors (Lipinski definition) is 1. The maximum atomic E-state index is 10.5. The van der Waals surface area contributed by atoms with Gasteiger partial charge in [-0.15, -0.1) is 11.3 Å². The molecule has 76 valence electrons. The third-order valence-electron chi connectivity index (χ3n) is 2.76. The Morgan fingerprint density at radius 3 is 3.00 bits per heavy atom. The fourth-order valence-corrected chi connectivity index (χ4v) is 3.16. The molecular weight excluding hydrogens is 196 g/mol. The average Bonchev–Trinajstić information content (AvgIpc) is 2.58.